The van der Waals surface area contributed by atoms with E-state index in [0.29, 0.717) is 24.6 Å². The number of aromatic nitrogens is 1. The van der Waals surface area contributed by atoms with Crippen LogP contribution < -0.4 is 5.32 Å². The number of hydrogen-bond donors (Lipinski definition) is 1. The lowest BCUT2D eigenvalue weighted by Crippen LogP contribution is -2.36. The molecule has 41 heavy (non-hydrogen) atoms. The van der Waals surface area contributed by atoms with Crippen LogP contribution in [0, 0.1) is 6.92 Å². The zero-order valence-corrected chi connectivity index (χ0v) is 23.8. The van der Waals surface area contributed by atoms with E-state index in [1.807, 2.05) is 116 Å². The molecular weight excluding hydrogens is 506 g/mol. The number of fused-ring (bicyclic) bond motifs is 1. The van der Waals surface area contributed by atoms with E-state index in [0.717, 1.165) is 40.0 Å². The second-order valence-corrected chi connectivity index (χ2v) is 10.0. The summed E-state index contributed by atoms with van der Waals surface area (Å²) in [5, 5.41) is 3.34. The van der Waals surface area contributed by atoms with E-state index < -0.39 is 0 Å². The van der Waals surface area contributed by atoms with Crippen LogP contribution in [0.3, 0.4) is 0 Å². The lowest BCUT2D eigenvalue weighted by molar-refractivity contribution is -0.130. The largest absolute Gasteiger partial charge is 0.441 e. The van der Waals surface area contributed by atoms with Crippen molar-refractivity contribution in [2.24, 2.45) is 0 Å². The van der Waals surface area contributed by atoms with Gasteiger partial charge in [-0.1, -0.05) is 104 Å². The minimum absolute atomic E-state index is 0.0390. The molecule has 0 spiro atoms. The minimum Gasteiger partial charge on any atom is -0.441 e. The molecule has 0 bridgehead atoms. The maximum Gasteiger partial charge on any atom is 0.227 e. The molecule has 1 amide bonds. The molecule has 5 aromatic rings. The summed E-state index contributed by atoms with van der Waals surface area (Å²) in [4.78, 5) is 19.6. The topological polar surface area (TPSA) is 58.4 Å². The fraction of sp³-hybridized carbons (Fsp3) is 0.167. The van der Waals surface area contributed by atoms with Crippen molar-refractivity contribution in [1.29, 1.82) is 0 Å². The summed E-state index contributed by atoms with van der Waals surface area (Å²) < 4.78 is 5.64. The van der Waals surface area contributed by atoms with Crippen LogP contribution in [0.1, 0.15) is 29.5 Å². The van der Waals surface area contributed by atoms with Crippen LogP contribution in [0.5, 0.6) is 0 Å². The Kier molecular flexibility index (Phi) is 10.3. The third-order valence-electron chi connectivity index (χ3n) is 6.53. The molecular formula is C36H37N3O2. The van der Waals surface area contributed by atoms with Crippen LogP contribution in [0.25, 0.3) is 16.7 Å². The predicted octanol–water partition coefficient (Wildman–Crippen LogP) is 8.10. The molecule has 0 unspecified atom stereocenters. The first-order chi connectivity index (χ1) is 19.9. The molecule has 5 heteroatoms. The van der Waals surface area contributed by atoms with Gasteiger partial charge in [-0.05, 0) is 54.3 Å². The molecule has 1 heterocycles. The molecule has 5 rings (SSSR count). The monoisotopic (exact) mass is 543 g/mol. The summed E-state index contributed by atoms with van der Waals surface area (Å²) in [6.07, 6.45) is 1.05. The van der Waals surface area contributed by atoms with Gasteiger partial charge in [0.05, 0.1) is 13.0 Å². The second-order valence-electron chi connectivity index (χ2n) is 10.0. The molecule has 1 N–H and O–H groups in total. The van der Waals surface area contributed by atoms with Crippen molar-refractivity contribution in [3.05, 3.63) is 151 Å². The highest BCUT2D eigenvalue weighted by Crippen LogP contribution is 2.19. The highest BCUT2D eigenvalue weighted by Gasteiger charge is 2.16. The zero-order chi connectivity index (χ0) is 29.0. The number of carbonyl (C=O) groups is 1. The summed E-state index contributed by atoms with van der Waals surface area (Å²) in [7, 11) is 0. The van der Waals surface area contributed by atoms with Gasteiger partial charge < -0.3 is 14.6 Å². The fourth-order valence-electron chi connectivity index (χ4n) is 4.38. The summed E-state index contributed by atoms with van der Waals surface area (Å²) in [5.41, 5.74) is 7.40. The van der Waals surface area contributed by atoms with Gasteiger partial charge in [-0.2, -0.15) is 0 Å². The number of anilines is 1. The van der Waals surface area contributed by atoms with Gasteiger partial charge in [0.2, 0.25) is 5.91 Å². The van der Waals surface area contributed by atoms with Gasteiger partial charge in [0.25, 0.3) is 0 Å². The third kappa shape index (κ3) is 9.07. The molecule has 0 aliphatic rings. The van der Waals surface area contributed by atoms with E-state index in [4.69, 9.17) is 4.42 Å². The average molecular weight is 544 g/mol. The average Bonchev–Trinajstić information content (AvgIpc) is 3.36. The summed E-state index contributed by atoms with van der Waals surface area (Å²) in [6, 6.07) is 36.0. The second kappa shape index (κ2) is 14.5. The number of rotatable bonds is 10. The quantitative estimate of drug-likeness (QED) is 0.193. The van der Waals surface area contributed by atoms with Gasteiger partial charge in [0.15, 0.2) is 11.5 Å². The zero-order valence-electron chi connectivity index (χ0n) is 23.8. The Hall–Kier alpha value is -4.90. The number of carbonyl (C=O) groups excluding carboxylic acids is 1. The van der Waals surface area contributed by atoms with Crippen molar-refractivity contribution in [2.75, 3.05) is 18.4 Å². The van der Waals surface area contributed by atoms with Gasteiger partial charge in [0.1, 0.15) is 5.52 Å². The van der Waals surface area contributed by atoms with Crippen molar-refractivity contribution in [1.82, 2.24) is 9.88 Å². The predicted molar refractivity (Wildman–Crippen MR) is 170 cm³/mol. The number of amides is 1. The highest BCUT2D eigenvalue weighted by molar-refractivity contribution is 5.81. The van der Waals surface area contributed by atoms with Gasteiger partial charge in [0, 0.05) is 24.9 Å². The van der Waals surface area contributed by atoms with E-state index in [2.05, 4.69) is 35.6 Å². The molecule has 0 atom stereocenters. The van der Waals surface area contributed by atoms with Gasteiger partial charge in [-0.25, -0.2) is 4.98 Å². The highest BCUT2D eigenvalue weighted by atomic mass is 16.3. The maximum atomic E-state index is 13.4. The van der Waals surface area contributed by atoms with E-state index in [1.54, 1.807) is 0 Å². The molecule has 0 aliphatic heterocycles. The maximum absolute atomic E-state index is 13.4. The van der Waals surface area contributed by atoms with E-state index in [-0.39, 0.29) is 12.3 Å². The first-order valence-corrected chi connectivity index (χ1v) is 13.8. The van der Waals surface area contributed by atoms with Crippen LogP contribution in [0.2, 0.25) is 0 Å². The Labute approximate surface area is 242 Å². The SMILES string of the molecule is C=C(CN(CCc1ccccc1)C(=O)Cc1ccc2nc(C)oc2c1)Nc1ccc(C(=C)C)cc1.c1ccccc1. The lowest BCUT2D eigenvalue weighted by Gasteiger charge is -2.25. The molecule has 208 valence electrons. The smallest absolute Gasteiger partial charge is 0.227 e. The van der Waals surface area contributed by atoms with Gasteiger partial charge in [-0.3, -0.25) is 4.79 Å². The van der Waals surface area contributed by atoms with Crippen LogP contribution in [0.4, 0.5) is 5.69 Å². The molecule has 1 aromatic heterocycles. The first-order valence-electron chi connectivity index (χ1n) is 13.8. The fourth-order valence-corrected chi connectivity index (χ4v) is 4.38. The third-order valence-corrected chi connectivity index (χ3v) is 6.53. The number of nitrogens with zero attached hydrogens (tertiary/aromatic N) is 2. The van der Waals surface area contributed by atoms with Crippen molar-refractivity contribution < 1.29 is 9.21 Å². The van der Waals surface area contributed by atoms with Crippen LogP contribution in [-0.2, 0) is 17.6 Å². The molecule has 0 aliphatic carbocycles. The Balaban J connectivity index is 0.000000572. The number of aryl methyl sites for hydroxylation is 1. The van der Waals surface area contributed by atoms with Gasteiger partial charge in [-0.15, -0.1) is 0 Å². The molecule has 4 aromatic carbocycles. The standard InChI is InChI=1S/C30H31N3O2.C6H6/c1-21(2)26-11-13-27(14-12-26)31-22(3)20-33(17-16-24-8-6-5-7-9-24)30(34)19-25-10-15-28-29(18-25)35-23(4)32-28;1-2-4-6-5-3-1/h5-15,18,31H,1,3,16-17,19-20H2,2,4H3;1-6H. The molecule has 0 fully saturated rings. The Morgan fingerprint density at radius 3 is 2.12 bits per heavy atom. The Morgan fingerprint density at radius 1 is 0.854 bits per heavy atom. The summed E-state index contributed by atoms with van der Waals surface area (Å²) >= 11 is 0. The number of nitrogens with one attached hydrogen (secondary N) is 1. The van der Waals surface area contributed by atoms with Crippen LogP contribution in [-0.4, -0.2) is 28.9 Å². The Morgan fingerprint density at radius 2 is 1.49 bits per heavy atom. The van der Waals surface area contributed by atoms with Crippen molar-refractivity contribution in [3.8, 4) is 0 Å². The molecule has 0 radical (unpaired) electrons. The number of oxazole rings is 1. The number of allylic oxidation sites excluding steroid dienone is 1. The van der Waals surface area contributed by atoms with Crippen molar-refractivity contribution in [2.45, 2.75) is 26.7 Å². The van der Waals surface area contributed by atoms with Crippen LogP contribution in [0.15, 0.2) is 132 Å². The van der Waals surface area contributed by atoms with E-state index >= 15 is 0 Å². The number of benzene rings is 4. The van der Waals surface area contributed by atoms with E-state index in [1.165, 1.54) is 5.56 Å². The summed E-state index contributed by atoms with van der Waals surface area (Å²) in [6.45, 7) is 13.0. The van der Waals surface area contributed by atoms with Gasteiger partial charge >= 0.3 is 0 Å². The lowest BCUT2D eigenvalue weighted by atomic mass is 10.1. The normalized spacial score (nSPS) is 10.4. The van der Waals surface area contributed by atoms with Crippen molar-refractivity contribution in [3.63, 3.8) is 0 Å². The van der Waals surface area contributed by atoms with E-state index in [9.17, 15) is 4.79 Å². The molecule has 5 nitrogen and oxygen atoms in total. The van der Waals surface area contributed by atoms with Crippen LogP contribution >= 0.6 is 0 Å². The minimum atomic E-state index is 0.0390. The van der Waals surface area contributed by atoms with Crippen molar-refractivity contribution >= 4 is 28.3 Å². The molecule has 0 saturated heterocycles. The first kappa shape index (κ1) is 29.1. The molecule has 0 saturated carbocycles. The summed E-state index contributed by atoms with van der Waals surface area (Å²) in [5.74, 6) is 0.656. The Bertz CT molecular complexity index is 1550. The number of hydrogen-bond acceptors (Lipinski definition) is 4.